The maximum Gasteiger partial charge on any atom is 0.144 e. The molecule has 0 aliphatic heterocycles. The van der Waals surface area contributed by atoms with Crippen LogP contribution in [0.3, 0.4) is 0 Å². The van der Waals surface area contributed by atoms with Gasteiger partial charge >= 0.3 is 0 Å². The van der Waals surface area contributed by atoms with E-state index in [1.165, 1.54) is 0 Å². The summed E-state index contributed by atoms with van der Waals surface area (Å²) in [4.78, 5) is 4.11. The highest BCUT2D eigenvalue weighted by atomic mass is 35.5. The van der Waals surface area contributed by atoms with Gasteiger partial charge in [0.2, 0.25) is 0 Å². The first kappa shape index (κ1) is 13.1. The van der Waals surface area contributed by atoms with Crippen molar-refractivity contribution in [3.05, 3.63) is 58.2 Å². The van der Waals surface area contributed by atoms with Gasteiger partial charge < -0.3 is 11.1 Å². The summed E-state index contributed by atoms with van der Waals surface area (Å²) in [7, 11) is 0. The zero-order valence-corrected chi connectivity index (χ0v) is 11.1. The van der Waals surface area contributed by atoms with E-state index in [-0.39, 0.29) is 6.04 Å². The number of nitrogens with zero attached hydrogens (tertiary/aromatic N) is 1. The minimum Gasteiger partial charge on any atom is -0.367 e. The summed E-state index contributed by atoms with van der Waals surface area (Å²) in [5, 5.41) is 4.11. The van der Waals surface area contributed by atoms with Crippen LogP contribution < -0.4 is 11.1 Å². The topological polar surface area (TPSA) is 50.9 Å². The van der Waals surface area contributed by atoms with Crippen LogP contribution >= 0.6 is 23.2 Å². The molecule has 0 saturated carbocycles. The SMILES string of the molecule is NC(CNc1ncc(Cl)cc1Cl)c1ccccc1. The van der Waals surface area contributed by atoms with E-state index in [0.29, 0.717) is 22.4 Å². The lowest BCUT2D eigenvalue weighted by Gasteiger charge is -2.14. The number of nitrogens with one attached hydrogen (secondary N) is 1. The predicted molar refractivity (Wildman–Crippen MR) is 76.1 cm³/mol. The summed E-state index contributed by atoms with van der Waals surface area (Å²) in [5.41, 5.74) is 7.13. The van der Waals surface area contributed by atoms with Crippen molar-refractivity contribution in [1.82, 2.24) is 4.98 Å². The lowest BCUT2D eigenvalue weighted by molar-refractivity contribution is 0.762. The van der Waals surface area contributed by atoms with Gasteiger partial charge in [-0.1, -0.05) is 53.5 Å². The summed E-state index contributed by atoms with van der Waals surface area (Å²) in [6.45, 7) is 0.554. The van der Waals surface area contributed by atoms with Crippen LogP contribution in [0.2, 0.25) is 10.0 Å². The van der Waals surface area contributed by atoms with Crippen LogP contribution in [0.1, 0.15) is 11.6 Å². The molecule has 0 aliphatic carbocycles. The van der Waals surface area contributed by atoms with Crippen molar-refractivity contribution in [3.8, 4) is 0 Å². The standard InChI is InChI=1S/C13H13Cl2N3/c14-10-6-11(15)13(17-7-10)18-8-12(16)9-4-2-1-3-5-9/h1-7,12H,8,16H2,(H,17,18). The van der Waals surface area contributed by atoms with Crippen LogP contribution in [0.5, 0.6) is 0 Å². The van der Waals surface area contributed by atoms with Crippen molar-refractivity contribution in [3.63, 3.8) is 0 Å². The minimum absolute atomic E-state index is 0.111. The lowest BCUT2D eigenvalue weighted by Crippen LogP contribution is -2.21. The van der Waals surface area contributed by atoms with E-state index >= 15 is 0 Å². The Morgan fingerprint density at radius 3 is 2.61 bits per heavy atom. The van der Waals surface area contributed by atoms with E-state index < -0.39 is 0 Å². The Morgan fingerprint density at radius 1 is 1.22 bits per heavy atom. The van der Waals surface area contributed by atoms with Crippen LogP contribution in [0.15, 0.2) is 42.6 Å². The molecule has 0 spiro atoms. The molecule has 2 aromatic rings. The van der Waals surface area contributed by atoms with Crippen molar-refractivity contribution in [2.75, 3.05) is 11.9 Å². The molecule has 0 radical (unpaired) electrons. The first-order valence-corrected chi connectivity index (χ1v) is 6.28. The third-order valence-electron chi connectivity index (χ3n) is 2.52. The molecule has 1 aromatic carbocycles. The fourth-order valence-corrected chi connectivity index (χ4v) is 2.02. The largest absolute Gasteiger partial charge is 0.367 e. The van der Waals surface area contributed by atoms with Gasteiger partial charge in [-0.05, 0) is 11.6 Å². The van der Waals surface area contributed by atoms with Crippen LogP contribution in [0, 0.1) is 0 Å². The van der Waals surface area contributed by atoms with Gasteiger partial charge in [0.05, 0.1) is 10.0 Å². The predicted octanol–water partition coefficient (Wildman–Crippen LogP) is 3.50. The molecular formula is C13H13Cl2N3. The number of benzene rings is 1. The number of hydrogen-bond donors (Lipinski definition) is 2. The molecule has 1 heterocycles. The van der Waals surface area contributed by atoms with Crippen molar-refractivity contribution >= 4 is 29.0 Å². The normalized spacial score (nSPS) is 12.2. The minimum atomic E-state index is -0.111. The molecule has 0 fully saturated rings. The van der Waals surface area contributed by atoms with Gasteiger partial charge in [-0.15, -0.1) is 0 Å². The molecule has 2 rings (SSSR count). The fraction of sp³-hybridized carbons (Fsp3) is 0.154. The van der Waals surface area contributed by atoms with Crippen LogP contribution in [0.25, 0.3) is 0 Å². The second-order valence-electron chi connectivity index (χ2n) is 3.88. The average molecular weight is 282 g/mol. The third-order valence-corrected chi connectivity index (χ3v) is 3.02. The molecule has 5 heteroatoms. The summed E-state index contributed by atoms with van der Waals surface area (Å²) < 4.78 is 0. The molecule has 0 aliphatic rings. The fourth-order valence-electron chi connectivity index (χ4n) is 1.57. The molecule has 3 N–H and O–H groups in total. The molecule has 18 heavy (non-hydrogen) atoms. The van der Waals surface area contributed by atoms with E-state index in [4.69, 9.17) is 28.9 Å². The van der Waals surface area contributed by atoms with Gasteiger partial charge in [0.25, 0.3) is 0 Å². The molecule has 0 amide bonds. The van der Waals surface area contributed by atoms with E-state index in [2.05, 4.69) is 10.3 Å². The number of anilines is 1. The van der Waals surface area contributed by atoms with E-state index in [9.17, 15) is 0 Å². The summed E-state index contributed by atoms with van der Waals surface area (Å²) in [5.74, 6) is 0.590. The van der Waals surface area contributed by atoms with Gasteiger partial charge in [0.15, 0.2) is 0 Å². The summed E-state index contributed by atoms with van der Waals surface area (Å²) in [6, 6.07) is 11.4. The number of halogens is 2. The van der Waals surface area contributed by atoms with Gasteiger partial charge in [-0.25, -0.2) is 4.98 Å². The van der Waals surface area contributed by atoms with Gasteiger partial charge in [0.1, 0.15) is 5.82 Å². The zero-order chi connectivity index (χ0) is 13.0. The Morgan fingerprint density at radius 2 is 1.94 bits per heavy atom. The molecule has 1 unspecified atom stereocenters. The Bertz CT molecular complexity index is 517. The number of nitrogens with two attached hydrogens (primary N) is 1. The van der Waals surface area contributed by atoms with E-state index in [1.54, 1.807) is 12.3 Å². The van der Waals surface area contributed by atoms with Gasteiger partial charge in [-0.3, -0.25) is 0 Å². The Kier molecular flexibility index (Phi) is 4.42. The highest BCUT2D eigenvalue weighted by Gasteiger charge is 2.07. The molecule has 94 valence electrons. The maximum atomic E-state index is 6.06. The lowest BCUT2D eigenvalue weighted by atomic mass is 10.1. The van der Waals surface area contributed by atoms with Crippen molar-refractivity contribution in [2.24, 2.45) is 5.73 Å². The highest BCUT2D eigenvalue weighted by Crippen LogP contribution is 2.23. The first-order valence-electron chi connectivity index (χ1n) is 5.52. The maximum absolute atomic E-state index is 6.06. The van der Waals surface area contributed by atoms with Crippen molar-refractivity contribution < 1.29 is 0 Å². The number of aromatic nitrogens is 1. The average Bonchev–Trinajstić information content (AvgIpc) is 2.38. The number of rotatable bonds is 4. The Balaban J connectivity index is 1.99. The number of hydrogen-bond acceptors (Lipinski definition) is 3. The van der Waals surface area contributed by atoms with Crippen LogP contribution in [-0.4, -0.2) is 11.5 Å². The second kappa shape index (κ2) is 6.05. The summed E-state index contributed by atoms with van der Waals surface area (Å²) in [6.07, 6.45) is 1.55. The van der Waals surface area contributed by atoms with Gasteiger partial charge in [0, 0.05) is 18.8 Å². The molecule has 1 atom stereocenters. The quantitative estimate of drug-likeness (QED) is 0.902. The highest BCUT2D eigenvalue weighted by molar-refractivity contribution is 6.35. The smallest absolute Gasteiger partial charge is 0.144 e. The molecule has 0 bridgehead atoms. The van der Waals surface area contributed by atoms with Crippen molar-refractivity contribution in [1.29, 1.82) is 0 Å². The first-order chi connectivity index (χ1) is 8.66. The summed E-state index contributed by atoms with van der Waals surface area (Å²) >= 11 is 11.8. The van der Waals surface area contributed by atoms with Crippen molar-refractivity contribution in [2.45, 2.75) is 6.04 Å². The zero-order valence-electron chi connectivity index (χ0n) is 9.61. The molecular weight excluding hydrogens is 269 g/mol. The van der Waals surface area contributed by atoms with Crippen LogP contribution in [-0.2, 0) is 0 Å². The van der Waals surface area contributed by atoms with Crippen LogP contribution in [0.4, 0.5) is 5.82 Å². The molecule has 1 aromatic heterocycles. The molecule has 3 nitrogen and oxygen atoms in total. The Labute approximate surface area is 116 Å². The van der Waals surface area contributed by atoms with E-state index in [0.717, 1.165) is 5.56 Å². The van der Waals surface area contributed by atoms with E-state index in [1.807, 2.05) is 30.3 Å². The third kappa shape index (κ3) is 3.35. The monoisotopic (exact) mass is 281 g/mol. The van der Waals surface area contributed by atoms with Gasteiger partial charge in [-0.2, -0.15) is 0 Å². The second-order valence-corrected chi connectivity index (χ2v) is 4.73. The number of pyridine rings is 1. The molecule has 0 saturated heterocycles. The Hall–Kier alpha value is -1.29.